The minimum absolute atomic E-state index is 0.0543. The zero-order chi connectivity index (χ0) is 11.9. The summed E-state index contributed by atoms with van der Waals surface area (Å²) in [5.41, 5.74) is 7.16. The van der Waals surface area contributed by atoms with Crippen LogP contribution in [-0.2, 0) is 0 Å². The van der Waals surface area contributed by atoms with Gasteiger partial charge in [0.05, 0.1) is 5.69 Å². The average Bonchev–Trinajstić information content (AvgIpc) is 3.00. The van der Waals surface area contributed by atoms with Gasteiger partial charge >= 0.3 is 0 Å². The van der Waals surface area contributed by atoms with E-state index < -0.39 is 0 Å². The first-order valence-electron chi connectivity index (χ1n) is 5.75. The van der Waals surface area contributed by atoms with E-state index in [2.05, 4.69) is 0 Å². The van der Waals surface area contributed by atoms with Crippen molar-refractivity contribution in [1.82, 2.24) is 9.47 Å². The molecule has 0 atom stereocenters. The lowest BCUT2D eigenvalue weighted by atomic mass is 10.3. The van der Waals surface area contributed by atoms with Crippen LogP contribution in [-0.4, -0.2) is 28.5 Å². The van der Waals surface area contributed by atoms with Crippen LogP contribution in [0.2, 0.25) is 0 Å². The normalized spacial score (nSPS) is 15.5. The van der Waals surface area contributed by atoms with Gasteiger partial charge < -0.3 is 15.2 Å². The number of amides is 1. The Bertz CT molecular complexity index is 404. The summed E-state index contributed by atoms with van der Waals surface area (Å²) in [5.74, 6) is 0.0543. The van der Waals surface area contributed by atoms with Crippen molar-refractivity contribution >= 4 is 11.6 Å². The third-order valence-electron chi connectivity index (χ3n) is 3.12. The van der Waals surface area contributed by atoms with Crippen molar-refractivity contribution in [2.45, 2.75) is 38.8 Å². The van der Waals surface area contributed by atoms with E-state index in [9.17, 15) is 4.79 Å². The Labute approximate surface area is 96.0 Å². The quantitative estimate of drug-likeness (QED) is 0.847. The number of hydrogen-bond donors (Lipinski definition) is 1. The van der Waals surface area contributed by atoms with Crippen LogP contribution in [0, 0.1) is 0 Å². The van der Waals surface area contributed by atoms with Gasteiger partial charge in [-0.05, 0) is 32.8 Å². The summed E-state index contributed by atoms with van der Waals surface area (Å²) in [5, 5.41) is 0. The number of carbonyl (C=O) groups excluding carboxylic acids is 1. The molecule has 1 saturated carbocycles. The molecule has 1 aliphatic carbocycles. The summed E-state index contributed by atoms with van der Waals surface area (Å²) in [6.45, 7) is 4.01. The molecule has 1 aromatic rings. The van der Waals surface area contributed by atoms with Crippen molar-refractivity contribution < 1.29 is 4.79 Å². The number of nitrogens with zero attached hydrogens (tertiary/aromatic N) is 2. The molecule has 1 aromatic heterocycles. The van der Waals surface area contributed by atoms with Crippen molar-refractivity contribution in [3.63, 3.8) is 0 Å². The molecule has 1 amide bonds. The van der Waals surface area contributed by atoms with Gasteiger partial charge in [0.1, 0.15) is 5.69 Å². The van der Waals surface area contributed by atoms with Gasteiger partial charge in [-0.25, -0.2) is 0 Å². The lowest BCUT2D eigenvalue weighted by molar-refractivity contribution is 0.0744. The van der Waals surface area contributed by atoms with Gasteiger partial charge in [0.2, 0.25) is 0 Å². The molecule has 4 nitrogen and oxygen atoms in total. The molecule has 2 N–H and O–H groups in total. The topological polar surface area (TPSA) is 51.3 Å². The Morgan fingerprint density at radius 1 is 1.56 bits per heavy atom. The molecule has 0 unspecified atom stereocenters. The van der Waals surface area contributed by atoms with Gasteiger partial charge in [-0.15, -0.1) is 0 Å². The Morgan fingerprint density at radius 3 is 2.69 bits per heavy atom. The fourth-order valence-corrected chi connectivity index (χ4v) is 1.74. The average molecular weight is 221 g/mol. The number of anilines is 1. The highest BCUT2D eigenvalue weighted by molar-refractivity contribution is 5.94. The van der Waals surface area contributed by atoms with Crippen molar-refractivity contribution in [1.29, 1.82) is 0 Å². The minimum Gasteiger partial charge on any atom is -0.397 e. The standard InChI is InChI=1S/C12H19N3O/c1-8(2)14(3)12(16)11-6-9(13)7-15(11)10-4-5-10/h6-8,10H,4-5,13H2,1-3H3. The smallest absolute Gasteiger partial charge is 0.270 e. The van der Waals surface area contributed by atoms with Crippen LogP contribution < -0.4 is 5.73 Å². The lowest BCUT2D eigenvalue weighted by Gasteiger charge is -2.22. The molecule has 0 saturated heterocycles. The summed E-state index contributed by atoms with van der Waals surface area (Å²) < 4.78 is 2.02. The second-order valence-electron chi connectivity index (χ2n) is 4.81. The van der Waals surface area contributed by atoms with Crippen LogP contribution in [0.25, 0.3) is 0 Å². The Balaban J connectivity index is 2.28. The maximum atomic E-state index is 12.2. The molecule has 4 heteroatoms. The molecular weight excluding hydrogens is 202 g/mol. The van der Waals surface area contributed by atoms with Crippen molar-refractivity contribution in [3.8, 4) is 0 Å². The summed E-state index contributed by atoms with van der Waals surface area (Å²) >= 11 is 0. The summed E-state index contributed by atoms with van der Waals surface area (Å²) in [6.07, 6.45) is 4.18. The molecule has 0 radical (unpaired) electrons. The number of nitrogen functional groups attached to an aromatic ring is 1. The molecule has 0 bridgehead atoms. The van der Waals surface area contributed by atoms with Crippen LogP contribution in [0.5, 0.6) is 0 Å². The van der Waals surface area contributed by atoms with E-state index in [1.54, 1.807) is 11.0 Å². The molecule has 0 spiro atoms. The number of rotatable bonds is 3. The molecule has 1 heterocycles. The molecule has 88 valence electrons. The molecule has 16 heavy (non-hydrogen) atoms. The number of hydrogen-bond acceptors (Lipinski definition) is 2. The van der Waals surface area contributed by atoms with Crippen LogP contribution in [0.3, 0.4) is 0 Å². The fourth-order valence-electron chi connectivity index (χ4n) is 1.74. The van der Waals surface area contributed by atoms with Crippen LogP contribution >= 0.6 is 0 Å². The lowest BCUT2D eigenvalue weighted by Crippen LogP contribution is -2.34. The van der Waals surface area contributed by atoms with Gasteiger partial charge in [0, 0.05) is 25.3 Å². The van der Waals surface area contributed by atoms with E-state index in [1.807, 2.05) is 31.7 Å². The summed E-state index contributed by atoms with van der Waals surface area (Å²) in [7, 11) is 1.83. The minimum atomic E-state index is 0.0543. The van der Waals surface area contributed by atoms with Crippen LogP contribution in [0.4, 0.5) is 5.69 Å². The number of nitrogens with two attached hydrogens (primary N) is 1. The third kappa shape index (κ3) is 1.92. The highest BCUT2D eigenvalue weighted by Crippen LogP contribution is 2.37. The van der Waals surface area contributed by atoms with Crippen LogP contribution in [0.15, 0.2) is 12.3 Å². The van der Waals surface area contributed by atoms with Gasteiger partial charge in [-0.1, -0.05) is 0 Å². The highest BCUT2D eigenvalue weighted by Gasteiger charge is 2.29. The van der Waals surface area contributed by atoms with E-state index in [1.165, 1.54) is 0 Å². The van der Waals surface area contributed by atoms with Crippen molar-refractivity contribution in [3.05, 3.63) is 18.0 Å². The van der Waals surface area contributed by atoms with E-state index in [0.29, 0.717) is 11.7 Å². The maximum absolute atomic E-state index is 12.2. The predicted molar refractivity (Wildman–Crippen MR) is 64.3 cm³/mol. The zero-order valence-electron chi connectivity index (χ0n) is 10.1. The SMILES string of the molecule is CC(C)N(C)C(=O)c1cc(N)cn1C1CC1. The largest absolute Gasteiger partial charge is 0.397 e. The van der Waals surface area contributed by atoms with Gasteiger partial charge in [0.15, 0.2) is 0 Å². The first-order valence-corrected chi connectivity index (χ1v) is 5.75. The van der Waals surface area contributed by atoms with E-state index in [-0.39, 0.29) is 11.9 Å². The Morgan fingerprint density at radius 2 is 2.19 bits per heavy atom. The second-order valence-corrected chi connectivity index (χ2v) is 4.81. The number of carbonyl (C=O) groups is 1. The molecular formula is C12H19N3O. The highest BCUT2D eigenvalue weighted by atomic mass is 16.2. The van der Waals surface area contributed by atoms with Gasteiger partial charge in [-0.3, -0.25) is 4.79 Å². The van der Waals surface area contributed by atoms with E-state index >= 15 is 0 Å². The van der Waals surface area contributed by atoms with Gasteiger partial charge in [0.25, 0.3) is 5.91 Å². The molecule has 0 aromatic carbocycles. The Kier molecular flexibility index (Phi) is 2.66. The zero-order valence-corrected chi connectivity index (χ0v) is 10.1. The molecule has 0 aliphatic heterocycles. The summed E-state index contributed by atoms with van der Waals surface area (Å²) in [6, 6.07) is 2.47. The third-order valence-corrected chi connectivity index (χ3v) is 3.12. The molecule has 1 aliphatic rings. The van der Waals surface area contributed by atoms with Crippen molar-refractivity contribution in [2.75, 3.05) is 12.8 Å². The predicted octanol–water partition coefficient (Wildman–Crippen LogP) is 1.89. The van der Waals surface area contributed by atoms with E-state index in [4.69, 9.17) is 5.73 Å². The molecule has 2 rings (SSSR count). The fraction of sp³-hybridized carbons (Fsp3) is 0.583. The molecule has 1 fully saturated rings. The second kappa shape index (κ2) is 3.85. The number of aromatic nitrogens is 1. The maximum Gasteiger partial charge on any atom is 0.270 e. The monoisotopic (exact) mass is 221 g/mol. The van der Waals surface area contributed by atoms with Crippen LogP contribution in [0.1, 0.15) is 43.2 Å². The first-order chi connectivity index (χ1) is 7.50. The van der Waals surface area contributed by atoms with Gasteiger partial charge in [-0.2, -0.15) is 0 Å². The summed E-state index contributed by atoms with van der Waals surface area (Å²) in [4.78, 5) is 13.9. The van der Waals surface area contributed by atoms with E-state index in [0.717, 1.165) is 18.5 Å². The Hall–Kier alpha value is -1.45. The van der Waals surface area contributed by atoms with Crippen molar-refractivity contribution in [2.24, 2.45) is 0 Å². The first kappa shape index (κ1) is 11.0.